The molecule has 1 atom stereocenters. The van der Waals surface area contributed by atoms with Crippen LogP contribution in [0.4, 0.5) is 0 Å². The lowest BCUT2D eigenvalue weighted by atomic mass is 9.93. The molecule has 1 heterocycles. The van der Waals surface area contributed by atoms with E-state index in [-0.39, 0.29) is 5.57 Å². The van der Waals surface area contributed by atoms with Gasteiger partial charge in [0.2, 0.25) is 5.78 Å². The maximum Gasteiger partial charge on any atom is 0.295 e. The molecule has 6 heteroatoms. The van der Waals surface area contributed by atoms with Gasteiger partial charge >= 0.3 is 0 Å². The first-order valence-corrected chi connectivity index (χ1v) is 12.7. The highest BCUT2D eigenvalue weighted by molar-refractivity contribution is 6.46. The summed E-state index contributed by atoms with van der Waals surface area (Å²) in [5.74, 6) is -1.09. The third-order valence-electron chi connectivity index (χ3n) is 6.69. The molecule has 192 valence electrons. The molecule has 4 rings (SSSR count). The van der Waals surface area contributed by atoms with Crippen molar-refractivity contribution in [2.24, 2.45) is 0 Å². The minimum Gasteiger partial charge on any atom is -0.872 e. The van der Waals surface area contributed by atoms with Gasteiger partial charge in [0.15, 0.2) is 0 Å². The highest BCUT2D eigenvalue weighted by Gasteiger charge is 2.44. The first-order chi connectivity index (χ1) is 17.8. The Morgan fingerprint density at radius 1 is 0.973 bits per heavy atom. The van der Waals surface area contributed by atoms with Gasteiger partial charge in [0, 0.05) is 18.5 Å². The lowest BCUT2D eigenvalue weighted by Crippen LogP contribution is -3.05. The number of rotatable bonds is 9. The van der Waals surface area contributed by atoms with E-state index < -0.39 is 23.5 Å². The van der Waals surface area contributed by atoms with Gasteiger partial charge in [0.25, 0.3) is 5.91 Å². The van der Waals surface area contributed by atoms with E-state index >= 15 is 0 Å². The van der Waals surface area contributed by atoms with Gasteiger partial charge in [-0.1, -0.05) is 72.0 Å². The minimum atomic E-state index is -0.712. The van der Waals surface area contributed by atoms with Crippen LogP contribution in [0.2, 0.25) is 0 Å². The van der Waals surface area contributed by atoms with Crippen LogP contribution in [0.25, 0.3) is 5.76 Å². The molecule has 3 aromatic rings. The SMILES string of the molecule is Cc1ccc(C2/C(=C(\[O-])c3ccc(OCc4ccccc4)cc3C)C(=O)C(=O)N2CCC[NH+](C)C)cc1. The summed E-state index contributed by atoms with van der Waals surface area (Å²) >= 11 is 0. The van der Waals surface area contributed by atoms with Crippen molar-refractivity contribution < 1.29 is 24.3 Å². The number of amides is 1. The third kappa shape index (κ3) is 5.92. The quantitative estimate of drug-likeness (QED) is 0.280. The maximum absolute atomic E-state index is 13.8. The van der Waals surface area contributed by atoms with Gasteiger partial charge in [-0.15, -0.1) is 0 Å². The van der Waals surface area contributed by atoms with Crippen molar-refractivity contribution in [3.8, 4) is 5.75 Å². The van der Waals surface area contributed by atoms with Crippen molar-refractivity contribution in [1.29, 1.82) is 0 Å². The average molecular weight is 499 g/mol. The third-order valence-corrected chi connectivity index (χ3v) is 6.69. The lowest BCUT2D eigenvalue weighted by molar-refractivity contribution is -0.858. The molecule has 1 saturated heterocycles. The molecule has 0 bridgehead atoms. The van der Waals surface area contributed by atoms with Crippen molar-refractivity contribution in [1.82, 2.24) is 4.90 Å². The molecule has 0 radical (unpaired) electrons. The van der Waals surface area contributed by atoms with Crippen LogP contribution < -0.4 is 14.7 Å². The molecule has 1 N–H and O–H groups in total. The Bertz CT molecular complexity index is 1300. The highest BCUT2D eigenvalue weighted by Crippen LogP contribution is 2.39. The first kappa shape index (κ1) is 26.2. The van der Waals surface area contributed by atoms with Crippen LogP contribution >= 0.6 is 0 Å². The zero-order chi connectivity index (χ0) is 26.5. The fourth-order valence-corrected chi connectivity index (χ4v) is 4.67. The van der Waals surface area contributed by atoms with Crippen LogP contribution in [0.1, 0.15) is 40.3 Å². The summed E-state index contributed by atoms with van der Waals surface area (Å²) in [5.41, 5.74) is 4.00. The predicted octanol–water partition coefficient (Wildman–Crippen LogP) is 2.64. The number of benzene rings is 3. The first-order valence-electron chi connectivity index (χ1n) is 12.7. The number of ether oxygens (including phenoxy) is 1. The van der Waals surface area contributed by atoms with Crippen LogP contribution in [0.3, 0.4) is 0 Å². The summed E-state index contributed by atoms with van der Waals surface area (Å²) in [6, 6.07) is 22.1. The molecule has 1 aliphatic rings. The van der Waals surface area contributed by atoms with Gasteiger partial charge in [0.05, 0.1) is 26.7 Å². The summed E-state index contributed by atoms with van der Waals surface area (Å²) in [4.78, 5) is 29.2. The predicted molar refractivity (Wildman–Crippen MR) is 142 cm³/mol. The number of likely N-dealkylation sites (tertiary alicyclic amines) is 1. The Morgan fingerprint density at radius 3 is 2.32 bits per heavy atom. The van der Waals surface area contributed by atoms with Crippen molar-refractivity contribution in [2.75, 3.05) is 27.2 Å². The Labute approximate surface area is 218 Å². The van der Waals surface area contributed by atoms with E-state index in [4.69, 9.17) is 4.74 Å². The van der Waals surface area contributed by atoms with E-state index in [0.717, 1.165) is 29.7 Å². The van der Waals surface area contributed by atoms with Crippen LogP contribution in [0, 0.1) is 13.8 Å². The second kappa shape index (κ2) is 11.4. The number of hydrogen-bond acceptors (Lipinski definition) is 4. The van der Waals surface area contributed by atoms with Crippen molar-refractivity contribution in [3.05, 3.63) is 106 Å². The number of Topliss-reactive ketones (excluding diaryl/α,β-unsaturated/α-hetero) is 1. The van der Waals surface area contributed by atoms with Gasteiger partial charge in [0.1, 0.15) is 12.4 Å². The monoisotopic (exact) mass is 498 g/mol. The minimum absolute atomic E-state index is 0.0205. The average Bonchev–Trinajstić information content (AvgIpc) is 3.13. The van der Waals surface area contributed by atoms with Gasteiger partial charge in [-0.3, -0.25) is 9.59 Å². The molecular formula is C31H34N2O4. The van der Waals surface area contributed by atoms with Gasteiger partial charge < -0.3 is 19.6 Å². The van der Waals surface area contributed by atoms with Crippen LogP contribution in [-0.4, -0.2) is 43.8 Å². The van der Waals surface area contributed by atoms with Crippen LogP contribution in [0.5, 0.6) is 5.75 Å². The maximum atomic E-state index is 13.8. The number of quaternary nitrogens is 1. The lowest BCUT2D eigenvalue weighted by Gasteiger charge is -2.28. The molecule has 1 fully saturated rings. The Morgan fingerprint density at radius 2 is 1.68 bits per heavy atom. The summed E-state index contributed by atoms with van der Waals surface area (Å²) in [5, 5.41) is 13.8. The van der Waals surface area contributed by atoms with Gasteiger partial charge in [-0.25, -0.2) is 0 Å². The van der Waals surface area contributed by atoms with E-state index in [1.54, 1.807) is 23.1 Å². The van der Waals surface area contributed by atoms with E-state index in [0.29, 0.717) is 30.0 Å². The molecule has 3 aromatic carbocycles. The van der Waals surface area contributed by atoms with Crippen LogP contribution in [-0.2, 0) is 16.2 Å². The molecule has 0 spiro atoms. The van der Waals surface area contributed by atoms with E-state index in [2.05, 4.69) is 0 Å². The molecule has 37 heavy (non-hydrogen) atoms. The molecular weight excluding hydrogens is 464 g/mol. The number of hydrogen-bond donors (Lipinski definition) is 1. The van der Waals surface area contributed by atoms with Crippen molar-refractivity contribution >= 4 is 17.4 Å². The van der Waals surface area contributed by atoms with Gasteiger partial charge in [-0.05, 0) is 48.2 Å². The summed E-state index contributed by atoms with van der Waals surface area (Å²) in [6.45, 7) is 5.48. The Hall–Kier alpha value is -3.90. The van der Waals surface area contributed by atoms with Gasteiger partial charge in [-0.2, -0.15) is 0 Å². The van der Waals surface area contributed by atoms with Crippen LogP contribution in [0.15, 0.2) is 78.4 Å². The summed E-state index contributed by atoms with van der Waals surface area (Å²) < 4.78 is 5.90. The standard InChI is InChI=1S/C31H34N2O4/c1-21-11-13-24(14-12-21)28-27(30(35)31(36)33(28)18-8-17-32(3)4)29(34)26-16-15-25(19-22(26)2)37-20-23-9-6-5-7-10-23/h5-7,9-16,19,28,34H,8,17-18,20H2,1-4H3/b29-27+. The zero-order valence-electron chi connectivity index (χ0n) is 21.9. The van der Waals surface area contributed by atoms with Crippen molar-refractivity contribution in [3.63, 3.8) is 0 Å². The number of carbonyl (C=O) groups is 2. The summed E-state index contributed by atoms with van der Waals surface area (Å²) in [7, 11) is 4.09. The second-order valence-corrected chi connectivity index (χ2v) is 9.95. The number of aryl methyl sites for hydroxylation is 2. The molecule has 1 unspecified atom stereocenters. The molecule has 1 aliphatic heterocycles. The molecule has 1 amide bonds. The number of nitrogens with one attached hydrogen (secondary N) is 1. The highest BCUT2D eigenvalue weighted by atomic mass is 16.5. The smallest absolute Gasteiger partial charge is 0.295 e. The Kier molecular flexibility index (Phi) is 8.09. The fraction of sp³-hybridized carbons (Fsp3) is 0.290. The second-order valence-electron chi connectivity index (χ2n) is 9.95. The number of ketones is 1. The number of carbonyl (C=O) groups excluding carboxylic acids is 2. The fourth-order valence-electron chi connectivity index (χ4n) is 4.67. The topological polar surface area (TPSA) is 74.1 Å². The summed E-state index contributed by atoms with van der Waals surface area (Å²) in [6.07, 6.45) is 0.734. The zero-order valence-corrected chi connectivity index (χ0v) is 21.9. The molecule has 0 saturated carbocycles. The van der Waals surface area contributed by atoms with E-state index in [1.807, 2.05) is 82.5 Å². The Balaban J connectivity index is 1.68. The molecule has 0 aliphatic carbocycles. The molecule has 6 nitrogen and oxygen atoms in total. The number of nitrogens with zero attached hydrogens (tertiary/aromatic N) is 1. The van der Waals surface area contributed by atoms with Crippen molar-refractivity contribution in [2.45, 2.75) is 32.9 Å². The largest absolute Gasteiger partial charge is 0.872 e. The van der Waals surface area contributed by atoms with E-state index in [1.165, 1.54) is 4.90 Å². The van der Waals surface area contributed by atoms with E-state index in [9.17, 15) is 14.7 Å². The normalized spacial score (nSPS) is 17.0. The molecule has 0 aromatic heterocycles.